The first-order valence-electron chi connectivity index (χ1n) is 6.31. The molecule has 0 bridgehead atoms. The Morgan fingerprint density at radius 1 is 1.12 bits per heavy atom. The highest BCUT2D eigenvalue weighted by Gasteiger charge is 2.40. The maximum Gasteiger partial charge on any atom is 0.120 e. The van der Waals surface area contributed by atoms with Gasteiger partial charge in [-0.05, 0) is 58.3 Å². The fourth-order valence-electron chi connectivity index (χ4n) is 1.93. The third-order valence-corrected chi connectivity index (χ3v) is 3.45. The van der Waals surface area contributed by atoms with Crippen molar-refractivity contribution in [3.8, 4) is 0 Å². The Labute approximate surface area is 99.6 Å². The number of hydrogen-bond acceptors (Lipinski definition) is 1. The number of hydrogen-bond donors (Lipinski definition) is 0. The van der Waals surface area contributed by atoms with E-state index in [9.17, 15) is 4.79 Å². The zero-order chi connectivity index (χ0) is 12.0. The summed E-state index contributed by atoms with van der Waals surface area (Å²) in [6, 6.07) is 0. The van der Waals surface area contributed by atoms with Gasteiger partial charge in [-0.1, -0.05) is 23.3 Å². The van der Waals surface area contributed by atoms with Crippen molar-refractivity contribution in [2.75, 3.05) is 0 Å². The molecule has 0 heterocycles. The topological polar surface area (TPSA) is 17.1 Å². The molecule has 0 unspecified atom stereocenters. The van der Waals surface area contributed by atoms with Gasteiger partial charge in [0.2, 0.25) is 0 Å². The lowest BCUT2D eigenvalue weighted by Crippen LogP contribution is -1.99. The average molecular weight is 220 g/mol. The molecule has 0 aromatic rings. The molecule has 1 fully saturated rings. The molecule has 1 nitrogen and oxygen atoms in total. The van der Waals surface area contributed by atoms with Gasteiger partial charge in [-0.2, -0.15) is 0 Å². The second-order valence-electron chi connectivity index (χ2n) is 5.45. The Hall–Kier alpha value is -0.850. The second kappa shape index (κ2) is 6.03. The van der Waals surface area contributed by atoms with Crippen LogP contribution in [0.2, 0.25) is 0 Å². The maximum atomic E-state index is 10.5. The monoisotopic (exact) mass is 220 g/mol. The van der Waals surface area contributed by atoms with Crippen LogP contribution in [0, 0.1) is 5.41 Å². The Morgan fingerprint density at radius 3 is 2.31 bits per heavy atom. The zero-order valence-electron chi connectivity index (χ0n) is 10.9. The van der Waals surface area contributed by atoms with Crippen molar-refractivity contribution >= 4 is 6.29 Å². The van der Waals surface area contributed by atoms with E-state index in [1.165, 1.54) is 24.0 Å². The van der Waals surface area contributed by atoms with Crippen molar-refractivity contribution in [1.82, 2.24) is 0 Å². The molecule has 0 spiro atoms. The molecule has 0 atom stereocenters. The van der Waals surface area contributed by atoms with Gasteiger partial charge in [-0.3, -0.25) is 0 Å². The first kappa shape index (κ1) is 13.2. The van der Waals surface area contributed by atoms with Gasteiger partial charge in [0.05, 0.1) is 0 Å². The van der Waals surface area contributed by atoms with Crippen LogP contribution >= 0.6 is 0 Å². The first-order chi connectivity index (χ1) is 7.58. The van der Waals surface area contributed by atoms with Crippen LogP contribution in [0.1, 0.15) is 59.3 Å². The summed E-state index contributed by atoms with van der Waals surface area (Å²) in [6.45, 7) is 6.49. The molecule has 90 valence electrons. The van der Waals surface area contributed by atoms with E-state index >= 15 is 0 Å². The van der Waals surface area contributed by atoms with Crippen LogP contribution in [0.15, 0.2) is 23.3 Å². The Kier molecular flexibility index (Phi) is 4.98. The third kappa shape index (κ3) is 4.78. The van der Waals surface area contributed by atoms with Crippen molar-refractivity contribution in [2.24, 2.45) is 5.41 Å². The minimum atomic E-state index is 0.361. The van der Waals surface area contributed by atoms with Gasteiger partial charge in [0.1, 0.15) is 6.29 Å². The van der Waals surface area contributed by atoms with Crippen LogP contribution in [0.3, 0.4) is 0 Å². The first-order valence-corrected chi connectivity index (χ1v) is 6.31. The summed E-state index contributed by atoms with van der Waals surface area (Å²) >= 11 is 0. The minimum Gasteiger partial charge on any atom is -0.303 e. The molecular weight excluding hydrogens is 196 g/mol. The Bertz CT molecular complexity index is 289. The molecule has 0 aromatic carbocycles. The number of rotatable bonds is 7. The SMILES string of the molecule is CC(C)=CCC/C(C)=C/CC1(CC=O)CC1. The zero-order valence-corrected chi connectivity index (χ0v) is 10.9. The second-order valence-corrected chi connectivity index (χ2v) is 5.45. The third-order valence-electron chi connectivity index (χ3n) is 3.45. The summed E-state index contributed by atoms with van der Waals surface area (Å²) in [5.41, 5.74) is 3.22. The molecule has 1 aliphatic rings. The molecule has 1 saturated carbocycles. The molecule has 1 rings (SSSR count). The summed E-state index contributed by atoms with van der Waals surface area (Å²) in [5, 5.41) is 0. The lowest BCUT2D eigenvalue weighted by atomic mass is 9.96. The highest BCUT2D eigenvalue weighted by molar-refractivity contribution is 5.51. The Balaban J connectivity index is 2.28. The molecule has 0 saturated heterocycles. The predicted octanol–water partition coefficient (Wildman–Crippen LogP) is 4.44. The fourth-order valence-corrected chi connectivity index (χ4v) is 1.93. The molecule has 0 N–H and O–H groups in total. The van der Waals surface area contributed by atoms with Gasteiger partial charge in [0.15, 0.2) is 0 Å². The summed E-state index contributed by atoms with van der Waals surface area (Å²) in [6.07, 6.45) is 12.3. The van der Waals surface area contributed by atoms with E-state index in [0.29, 0.717) is 5.41 Å². The maximum absolute atomic E-state index is 10.5. The van der Waals surface area contributed by atoms with Crippen molar-refractivity contribution in [1.29, 1.82) is 0 Å². The van der Waals surface area contributed by atoms with Gasteiger partial charge < -0.3 is 4.79 Å². The predicted molar refractivity (Wildman–Crippen MR) is 69.4 cm³/mol. The van der Waals surface area contributed by atoms with Crippen molar-refractivity contribution in [2.45, 2.75) is 59.3 Å². The van der Waals surface area contributed by atoms with Crippen LogP contribution < -0.4 is 0 Å². The van der Waals surface area contributed by atoms with Gasteiger partial charge in [0.25, 0.3) is 0 Å². The van der Waals surface area contributed by atoms with Crippen LogP contribution in [0.5, 0.6) is 0 Å². The molecular formula is C15H24O. The molecule has 16 heavy (non-hydrogen) atoms. The molecule has 0 amide bonds. The fraction of sp³-hybridized carbons (Fsp3) is 0.667. The highest BCUT2D eigenvalue weighted by atomic mass is 16.1. The van der Waals surface area contributed by atoms with Crippen LogP contribution in [0.4, 0.5) is 0 Å². The van der Waals surface area contributed by atoms with Gasteiger partial charge in [-0.15, -0.1) is 0 Å². The van der Waals surface area contributed by atoms with E-state index in [1.54, 1.807) is 0 Å². The van der Waals surface area contributed by atoms with Gasteiger partial charge >= 0.3 is 0 Å². The number of carbonyl (C=O) groups excluding carboxylic acids is 1. The van der Waals surface area contributed by atoms with Crippen molar-refractivity contribution in [3.05, 3.63) is 23.3 Å². The van der Waals surface area contributed by atoms with E-state index < -0.39 is 0 Å². The standard InChI is InChI=1S/C15H24O/c1-13(2)5-4-6-14(3)7-8-15(9-10-15)11-12-16/h5,7,12H,4,6,8-11H2,1-3H3/b14-7+. The number of carbonyl (C=O) groups is 1. The van der Waals surface area contributed by atoms with E-state index in [1.807, 2.05) is 0 Å². The lowest BCUT2D eigenvalue weighted by Gasteiger charge is -2.08. The van der Waals surface area contributed by atoms with E-state index in [-0.39, 0.29) is 0 Å². The summed E-state index contributed by atoms with van der Waals surface area (Å²) in [4.78, 5) is 10.5. The normalized spacial score (nSPS) is 18.1. The van der Waals surface area contributed by atoms with E-state index in [0.717, 1.165) is 32.0 Å². The molecule has 0 aromatic heterocycles. The highest BCUT2D eigenvalue weighted by Crippen LogP contribution is 2.51. The molecule has 0 aliphatic heterocycles. The molecule has 0 radical (unpaired) electrons. The van der Waals surface area contributed by atoms with E-state index in [2.05, 4.69) is 32.9 Å². The summed E-state index contributed by atoms with van der Waals surface area (Å²) in [7, 11) is 0. The smallest absolute Gasteiger partial charge is 0.120 e. The average Bonchev–Trinajstić information content (AvgIpc) is 2.96. The van der Waals surface area contributed by atoms with Crippen molar-refractivity contribution < 1.29 is 4.79 Å². The van der Waals surface area contributed by atoms with Crippen LogP contribution in [-0.2, 0) is 4.79 Å². The van der Waals surface area contributed by atoms with Gasteiger partial charge in [0, 0.05) is 6.42 Å². The number of aldehydes is 1. The molecule has 1 aliphatic carbocycles. The largest absolute Gasteiger partial charge is 0.303 e. The van der Waals surface area contributed by atoms with Crippen LogP contribution in [0.25, 0.3) is 0 Å². The summed E-state index contributed by atoms with van der Waals surface area (Å²) in [5.74, 6) is 0. The van der Waals surface area contributed by atoms with Gasteiger partial charge in [-0.25, -0.2) is 0 Å². The quantitative estimate of drug-likeness (QED) is 0.458. The van der Waals surface area contributed by atoms with Crippen LogP contribution in [-0.4, -0.2) is 6.29 Å². The minimum absolute atomic E-state index is 0.361. The lowest BCUT2D eigenvalue weighted by molar-refractivity contribution is -0.108. The van der Waals surface area contributed by atoms with E-state index in [4.69, 9.17) is 0 Å². The van der Waals surface area contributed by atoms with Crippen molar-refractivity contribution in [3.63, 3.8) is 0 Å². The Morgan fingerprint density at radius 2 is 1.81 bits per heavy atom. The number of allylic oxidation sites excluding steroid dienone is 4. The summed E-state index contributed by atoms with van der Waals surface area (Å²) < 4.78 is 0. The molecule has 1 heteroatoms.